The molecule has 0 aliphatic carbocycles. The summed E-state index contributed by atoms with van der Waals surface area (Å²) in [6, 6.07) is 15.5. The van der Waals surface area contributed by atoms with E-state index in [0.717, 1.165) is 16.5 Å². The van der Waals surface area contributed by atoms with Crippen LogP contribution in [0, 0.1) is 6.92 Å². The number of hydrogen-bond acceptors (Lipinski definition) is 6. The van der Waals surface area contributed by atoms with Crippen LogP contribution in [0.5, 0.6) is 11.5 Å². The molecule has 0 bridgehead atoms. The number of anilines is 1. The van der Waals surface area contributed by atoms with E-state index in [9.17, 15) is 4.79 Å². The number of amides is 1. The zero-order valence-electron chi connectivity index (χ0n) is 16.3. The van der Waals surface area contributed by atoms with Gasteiger partial charge in [0.05, 0.1) is 11.8 Å². The van der Waals surface area contributed by atoms with Crippen molar-refractivity contribution in [1.29, 1.82) is 0 Å². The van der Waals surface area contributed by atoms with E-state index in [1.165, 1.54) is 11.8 Å². The van der Waals surface area contributed by atoms with E-state index in [-0.39, 0.29) is 11.2 Å². The van der Waals surface area contributed by atoms with Gasteiger partial charge in [0.25, 0.3) is 0 Å². The van der Waals surface area contributed by atoms with Crippen molar-refractivity contribution in [3.63, 3.8) is 0 Å². The van der Waals surface area contributed by atoms with E-state index in [2.05, 4.69) is 27.6 Å². The van der Waals surface area contributed by atoms with Crippen LogP contribution in [-0.2, 0) is 11.3 Å². The first-order chi connectivity index (χ1) is 14.1. The maximum Gasteiger partial charge on any atom is 0.237 e. The number of thioether (sulfide) groups is 1. The van der Waals surface area contributed by atoms with Gasteiger partial charge in [-0.2, -0.15) is 0 Å². The first-order valence-electron chi connectivity index (χ1n) is 9.41. The Morgan fingerprint density at radius 1 is 1.14 bits per heavy atom. The van der Waals surface area contributed by atoms with Gasteiger partial charge in [-0.3, -0.25) is 4.79 Å². The van der Waals surface area contributed by atoms with Crippen LogP contribution in [0.1, 0.15) is 18.3 Å². The van der Waals surface area contributed by atoms with Gasteiger partial charge in [-0.15, -0.1) is 10.2 Å². The number of hydrogen-bond donors (Lipinski definition) is 1. The maximum absolute atomic E-state index is 12.7. The molecule has 7 nitrogen and oxygen atoms in total. The van der Waals surface area contributed by atoms with Crippen LogP contribution in [0.4, 0.5) is 5.69 Å². The van der Waals surface area contributed by atoms with Gasteiger partial charge in [-0.05, 0) is 31.5 Å². The molecule has 0 saturated heterocycles. The summed E-state index contributed by atoms with van der Waals surface area (Å²) < 4.78 is 13.1. The summed E-state index contributed by atoms with van der Waals surface area (Å²) in [6.07, 6.45) is 0. The van der Waals surface area contributed by atoms with E-state index in [0.29, 0.717) is 36.9 Å². The standard InChI is InChI=1S/C21H22N4O3S/c1-14(20(26)22-17-8-9-18-19(12-17)28-11-10-27-18)29-21-24-23-15(2)25(21)13-16-6-4-3-5-7-16/h3-9,12,14H,10-11,13H2,1-2H3,(H,22,26). The van der Waals surface area contributed by atoms with Crippen LogP contribution < -0.4 is 14.8 Å². The van der Waals surface area contributed by atoms with Gasteiger partial charge < -0.3 is 19.4 Å². The third kappa shape index (κ3) is 4.54. The molecule has 29 heavy (non-hydrogen) atoms. The predicted octanol–water partition coefficient (Wildman–Crippen LogP) is 3.53. The second-order valence-corrected chi connectivity index (χ2v) is 8.02. The topological polar surface area (TPSA) is 78.3 Å². The molecule has 1 aliphatic rings. The minimum atomic E-state index is -0.346. The lowest BCUT2D eigenvalue weighted by atomic mass is 10.2. The van der Waals surface area contributed by atoms with Crippen molar-refractivity contribution in [2.75, 3.05) is 18.5 Å². The van der Waals surface area contributed by atoms with Crippen LogP contribution >= 0.6 is 11.8 Å². The number of aryl methyl sites for hydroxylation is 1. The largest absolute Gasteiger partial charge is 0.486 e. The lowest BCUT2D eigenvalue weighted by Gasteiger charge is -2.19. The molecular formula is C21H22N4O3S. The Kier molecular flexibility index (Phi) is 5.71. The van der Waals surface area contributed by atoms with E-state index >= 15 is 0 Å². The zero-order chi connectivity index (χ0) is 20.2. The second-order valence-electron chi connectivity index (χ2n) is 6.71. The summed E-state index contributed by atoms with van der Waals surface area (Å²) in [5.74, 6) is 2.04. The highest BCUT2D eigenvalue weighted by Gasteiger charge is 2.20. The molecule has 0 fully saturated rings. The molecule has 1 unspecified atom stereocenters. The van der Waals surface area contributed by atoms with Gasteiger partial charge in [-0.1, -0.05) is 42.1 Å². The summed E-state index contributed by atoms with van der Waals surface area (Å²) in [5.41, 5.74) is 1.83. The van der Waals surface area contributed by atoms with Gasteiger partial charge in [-0.25, -0.2) is 0 Å². The van der Waals surface area contributed by atoms with Crippen molar-refractivity contribution < 1.29 is 14.3 Å². The van der Waals surface area contributed by atoms with Crippen LogP contribution in [-0.4, -0.2) is 39.1 Å². The molecule has 1 atom stereocenters. The second kappa shape index (κ2) is 8.57. The fourth-order valence-electron chi connectivity index (χ4n) is 2.97. The monoisotopic (exact) mass is 410 g/mol. The van der Waals surface area contributed by atoms with Crippen molar-refractivity contribution in [2.24, 2.45) is 0 Å². The Morgan fingerprint density at radius 2 is 1.90 bits per heavy atom. The fourth-order valence-corrected chi connectivity index (χ4v) is 3.87. The molecule has 2 aromatic carbocycles. The van der Waals surface area contributed by atoms with Crippen molar-refractivity contribution in [3.05, 3.63) is 59.9 Å². The zero-order valence-corrected chi connectivity index (χ0v) is 17.1. The van der Waals surface area contributed by atoms with E-state index in [1.807, 2.05) is 48.7 Å². The Labute approximate surface area is 173 Å². The molecule has 0 radical (unpaired) electrons. The molecule has 3 aromatic rings. The number of fused-ring (bicyclic) bond motifs is 1. The minimum absolute atomic E-state index is 0.112. The third-order valence-corrected chi connectivity index (χ3v) is 5.63. The summed E-state index contributed by atoms with van der Waals surface area (Å²) >= 11 is 1.39. The Morgan fingerprint density at radius 3 is 2.69 bits per heavy atom. The van der Waals surface area contributed by atoms with Gasteiger partial charge in [0.1, 0.15) is 19.0 Å². The van der Waals surface area contributed by atoms with Crippen LogP contribution in [0.15, 0.2) is 53.7 Å². The average Bonchev–Trinajstić information content (AvgIpc) is 3.08. The molecule has 1 aromatic heterocycles. The fraction of sp³-hybridized carbons (Fsp3) is 0.286. The van der Waals surface area contributed by atoms with Crippen LogP contribution in [0.3, 0.4) is 0 Å². The third-order valence-electron chi connectivity index (χ3n) is 4.55. The summed E-state index contributed by atoms with van der Waals surface area (Å²) in [7, 11) is 0. The van der Waals surface area contributed by atoms with Crippen molar-refractivity contribution in [2.45, 2.75) is 30.8 Å². The number of nitrogens with one attached hydrogen (secondary N) is 1. The average molecular weight is 410 g/mol. The molecule has 8 heteroatoms. The van der Waals surface area contributed by atoms with Gasteiger partial charge in [0.15, 0.2) is 16.7 Å². The quantitative estimate of drug-likeness (QED) is 0.627. The molecule has 1 aliphatic heterocycles. The number of ether oxygens (including phenoxy) is 2. The molecule has 150 valence electrons. The Hall–Kier alpha value is -3.00. The number of rotatable bonds is 6. The van der Waals surface area contributed by atoms with Gasteiger partial charge in [0, 0.05) is 11.8 Å². The molecule has 1 N–H and O–H groups in total. The first kappa shape index (κ1) is 19.3. The van der Waals surface area contributed by atoms with Gasteiger partial charge in [0.2, 0.25) is 5.91 Å². The highest BCUT2D eigenvalue weighted by atomic mass is 32.2. The normalized spacial score (nSPS) is 13.7. The number of carbonyl (C=O) groups excluding carboxylic acids is 1. The van der Waals surface area contributed by atoms with Crippen LogP contribution in [0.2, 0.25) is 0 Å². The Bertz CT molecular complexity index is 1010. The number of carbonyl (C=O) groups is 1. The highest BCUT2D eigenvalue weighted by molar-refractivity contribution is 8.00. The molecule has 0 spiro atoms. The molecule has 4 rings (SSSR count). The lowest BCUT2D eigenvalue weighted by molar-refractivity contribution is -0.115. The number of aromatic nitrogens is 3. The summed E-state index contributed by atoms with van der Waals surface area (Å²) in [4.78, 5) is 12.7. The minimum Gasteiger partial charge on any atom is -0.486 e. The highest BCUT2D eigenvalue weighted by Crippen LogP contribution is 2.33. The predicted molar refractivity (Wildman–Crippen MR) is 112 cm³/mol. The SMILES string of the molecule is Cc1nnc(SC(C)C(=O)Nc2ccc3c(c2)OCCO3)n1Cc1ccccc1. The smallest absolute Gasteiger partial charge is 0.237 e. The number of nitrogens with zero attached hydrogens (tertiary/aromatic N) is 3. The number of benzene rings is 2. The summed E-state index contributed by atoms with van der Waals surface area (Å²) in [6.45, 7) is 5.48. The lowest BCUT2D eigenvalue weighted by Crippen LogP contribution is -2.23. The maximum atomic E-state index is 12.7. The van der Waals surface area contributed by atoms with Crippen molar-refractivity contribution in [3.8, 4) is 11.5 Å². The Balaban J connectivity index is 1.43. The molecule has 2 heterocycles. The van der Waals surface area contributed by atoms with E-state index in [1.54, 1.807) is 6.07 Å². The first-order valence-corrected chi connectivity index (χ1v) is 10.3. The van der Waals surface area contributed by atoms with E-state index < -0.39 is 0 Å². The van der Waals surface area contributed by atoms with Crippen LogP contribution in [0.25, 0.3) is 0 Å². The van der Waals surface area contributed by atoms with Crippen molar-refractivity contribution >= 4 is 23.4 Å². The molecule has 0 saturated carbocycles. The summed E-state index contributed by atoms with van der Waals surface area (Å²) in [5, 5.41) is 11.8. The van der Waals surface area contributed by atoms with Gasteiger partial charge >= 0.3 is 0 Å². The van der Waals surface area contributed by atoms with Crippen molar-refractivity contribution in [1.82, 2.24) is 14.8 Å². The molecule has 1 amide bonds. The van der Waals surface area contributed by atoms with E-state index in [4.69, 9.17) is 9.47 Å². The molecular weight excluding hydrogens is 388 g/mol.